The van der Waals surface area contributed by atoms with Crippen LogP contribution in [0.15, 0.2) is 51.4 Å². The van der Waals surface area contributed by atoms with Gasteiger partial charge in [-0.2, -0.15) is 0 Å². The summed E-state index contributed by atoms with van der Waals surface area (Å²) < 4.78 is 2.29. The molecule has 1 N–H and O–H groups in total. The van der Waals surface area contributed by atoms with E-state index in [9.17, 15) is 0 Å². The fourth-order valence-corrected chi connectivity index (χ4v) is 2.87. The maximum Gasteiger partial charge on any atom is 0.0361 e. The molecule has 0 spiro atoms. The predicted octanol–water partition coefficient (Wildman–Crippen LogP) is 5.02. The monoisotopic (exact) mass is 381 g/mol. The van der Waals surface area contributed by atoms with Crippen molar-refractivity contribution in [1.29, 1.82) is 0 Å². The third-order valence-corrected chi connectivity index (χ3v) is 4.77. The molecular formula is C16H17Br2N. The highest BCUT2D eigenvalue weighted by Crippen LogP contribution is 2.27. The molecule has 0 fully saturated rings. The minimum absolute atomic E-state index is 0.332. The van der Waals surface area contributed by atoms with Crippen LogP contribution in [0.4, 0.5) is 0 Å². The van der Waals surface area contributed by atoms with Gasteiger partial charge in [0.25, 0.3) is 0 Å². The summed E-state index contributed by atoms with van der Waals surface area (Å²) in [6.07, 6.45) is 0.987. The van der Waals surface area contributed by atoms with Crippen molar-refractivity contribution in [3.8, 4) is 0 Å². The van der Waals surface area contributed by atoms with Crippen LogP contribution in [0.2, 0.25) is 0 Å². The van der Waals surface area contributed by atoms with E-state index in [2.05, 4.69) is 86.6 Å². The Kier molecular flexibility index (Phi) is 5.20. The summed E-state index contributed by atoms with van der Waals surface area (Å²) in [7, 11) is 2.02. The summed E-state index contributed by atoms with van der Waals surface area (Å²) >= 11 is 7.08. The van der Waals surface area contributed by atoms with Gasteiger partial charge in [0.2, 0.25) is 0 Å². The fraction of sp³-hybridized carbons (Fsp3) is 0.250. The van der Waals surface area contributed by atoms with Crippen molar-refractivity contribution < 1.29 is 0 Å². The van der Waals surface area contributed by atoms with Crippen LogP contribution in [0.25, 0.3) is 0 Å². The van der Waals surface area contributed by atoms with Crippen LogP contribution in [0.5, 0.6) is 0 Å². The van der Waals surface area contributed by atoms with Gasteiger partial charge < -0.3 is 5.32 Å². The summed E-state index contributed by atoms with van der Waals surface area (Å²) in [6.45, 7) is 2.16. The normalized spacial score (nSPS) is 12.4. The molecule has 0 bridgehead atoms. The standard InChI is InChI=1S/C16H17Br2N/c1-11-14(4-3-5-15(11)18)16(19-2)10-12-6-8-13(17)9-7-12/h3-9,16,19H,10H2,1-2H3. The van der Waals surface area contributed by atoms with Crippen molar-refractivity contribution in [2.24, 2.45) is 0 Å². The fourth-order valence-electron chi connectivity index (χ4n) is 2.23. The van der Waals surface area contributed by atoms with Gasteiger partial charge in [-0.25, -0.2) is 0 Å². The molecule has 0 aromatic heterocycles. The smallest absolute Gasteiger partial charge is 0.0361 e. The van der Waals surface area contributed by atoms with E-state index >= 15 is 0 Å². The predicted molar refractivity (Wildman–Crippen MR) is 88.5 cm³/mol. The summed E-state index contributed by atoms with van der Waals surface area (Å²) in [5.41, 5.74) is 3.99. The average molecular weight is 383 g/mol. The van der Waals surface area contributed by atoms with Gasteiger partial charge in [-0.05, 0) is 55.3 Å². The lowest BCUT2D eigenvalue weighted by atomic mass is 9.95. The van der Waals surface area contributed by atoms with E-state index in [1.54, 1.807) is 0 Å². The summed E-state index contributed by atoms with van der Waals surface area (Å²) in [6, 6.07) is 15.2. The number of rotatable bonds is 4. The molecule has 2 aromatic rings. The molecule has 3 heteroatoms. The van der Waals surface area contributed by atoms with Crippen molar-refractivity contribution >= 4 is 31.9 Å². The number of likely N-dealkylation sites (N-methyl/N-ethyl adjacent to an activating group) is 1. The Balaban J connectivity index is 2.25. The van der Waals surface area contributed by atoms with Crippen LogP contribution in [0, 0.1) is 6.92 Å². The molecule has 0 saturated carbocycles. The molecule has 1 atom stereocenters. The van der Waals surface area contributed by atoms with E-state index in [1.165, 1.54) is 21.2 Å². The lowest BCUT2D eigenvalue weighted by molar-refractivity contribution is 0.588. The topological polar surface area (TPSA) is 12.0 Å². The highest BCUT2D eigenvalue weighted by atomic mass is 79.9. The molecule has 100 valence electrons. The van der Waals surface area contributed by atoms with Crippen molar-refractivity contribution in [1.82, 2.24) is 5.32 Å². The molecule has 2 aromatic carbocycles. The molecule has 0 aliphatic carbocycles. The largest absolute Gasteiger partial charge is 0.313 e. The number of halogens is 2. The minimum Gasteiger partial charge on any atom is -0.313 e. The summed E-state index contributed by atoms with van der Waals surface area (Å²) in [5, 5.41) is 3.42. The third-order valence-electron chi connectivity index (χ3n) is 3.39. The molecule has 1 unspecified atom stereocenters. The number of nitrogens with one attached hydrogen (secondary N) is 1. The van der Waals surface area contributed by atoms with Gasteiger partial charge >= 0.3 is 0 Å². The molecule has 0 amide bonds. The van der Waals surface area contributed by atoms with E-state index in [0.29, 0.717) is 6.04 Å². The highest BCUT2D eigenvalue weighted by Gasteiger charge is 2.13. The lowest BCUT2D eigenvalue weighted by Gasteiger charge is -2.20. The van der Waals surface area contributed by atoms with Gasteiger partial charge in [-0.15, -0.1) is 0 Å². The first-order valence-corrected chi connectivity index (χ1v) is 7.87. The maximum atomic E-state index is 3.60. The number of benzene rings is 2. The van der Waals surface area contributed by atoms with Crippen molar-refractivity contribution in [3.05, 3.63) is 68.1 Å². The molecule has 0 heterocycles. The van der Waals surface area contributed by atoms with E-state index in [4.69, 9.17) is 0 Å². The zero-order chi connectivity index (χ0) is 13.8. The first-order valence-electron chi connectivity index (χ1n) is 6.28. The van der Waals surface area contributed by atoms with Gasteiger partial charge in [0, 0.05) is 15.0 Å². The molecular weight excluding hydrogens is 366 g/mol. The SMILES string of the molecule is CNC(Cc1ccc(Br)cc1)c1cccc(Br)c1C. The zero-order valence-corrected chi connectivity index (χ0v) is 14.3. The van der Waals surface area contributed by atoms with Crippen LogP contribution < -0.4 is 5.32 Å². The minimum atomic E-state index is 0.332. The van der Waals surface area contributed by atoms with Crippen LogP contribution in [0.3, 0.4) is 0 Å². The van der Waals surface area contributed by atoms with Gasteiger partial charge in [0.1, 0.15) is 0 Å². The molecule has 0 aliphatic rings. The third kappa shape index (κ3) is 3.68. The van der Waals surface area contributed by atoms with E-state index in [0.717, 1.165) is 10.9 Å². The lowest BCUT2D eigenvalue weighted by Crippen LogP contribution is -2.19. The van der Waals surface area contributed by atoms with Gasteiger partial charge in [0.05, 0.1) is 0 Å². The summed E-state index contributed by atoms with van der Waals surface area (Å²) in [4.78, 5) is 0. The Morgan fingerprint density at radius 2 is 1.74 bits per heavy atom. The van der Waals surface area contributed by atoms with E-state index in [-0.39, 0.29) is 0 Å². The number of hydrogen-bond acceptors (Lipinski definition) is 1. The van der Waals surface area contributed by atoms with Crippen LogP contribution >= 0.6 is 31.9 Å². The molecule has 19 heavy (non-hydrogen) atoms. The zero-order valence-electron chi connectivity index (χ0n) is 11.1. The molecule has 1 nitrogen and oxygen atoms in total. The van der Waals surface area contributed by atoms with Gasteiger partial charge in [-0.1, -0.05) is 56.1 Å². The van der Waals surface area contributed by atoms with Crippen molar-refractivity contribution in [2.45, 2.75) is 19.4 Å². The molecule has 0 aliphatic heterocycles. The quantitative estimate of drug-likeness (QED) is 0.782. The second kappa shape index (κ2) is 6.69. The first-order chi connectivity index (χ1) is 9.11. The second-order valence-corrected chi connectivity index (χ2v) is 6.40. The Morgan fingerprint density at radius 1 is 1.05 bits per heavy atom. The van der Waals surface area contributed by atoms with Crippen LogP contribution in [-0.4, -0.2) is 7.05 Å². The molecule has 0 radical (unpaired) electrons. The highest BCUT2D eigenvalue weighted by molar-refractivity contribution is 9.10. The molecule has 2 rings (SSSR count). The van der Waals surface area contributed by atoms with Gasteiger partial charge in [-0.3, -0.25) is 0 Å². The first kappa shape index (κ1) is 14.8. The van der Waals surface area contributed by atoms with Gasteiger partial charge in [0.15, 0.2) is 0 Å². The van der Waals surface area contributed by atoms with E-state index < -0.39 is 0 Å². The Hall–Kier alpha value is -0.640. The second-order valence-electron chi connectivity index (χ2n) is 4.63. The Labute approximate surface area is 131 Å². The Morgan fingerprint density at radius 3 is 2.37 bits per heavy atom. The Bertz CT molecular complexity index is 549. The number of hydrogen-bond donors (Lipinski definition) is 1. The van der Waals surface area contributed by atoms with Crippen molar-refractivity contribution in [2.75, 3.05) is 7.05 Å². The van der Waals surface area contributed by atoms with E-state index in [1.807, 2.05) is 7.05 Å². The summed E-state index contributed by atoms with van der Waals surface area (Å²) in [5.74, 6) is 0. The van der Waals surface area contributed by atoms with Crippen LogP contribution in [-0.2, 0) is 6.42 Å². The average Bonchev–Trinajstić information content (AvgIpc) is 2.42. The van der Waals surface area contributed by atoms with Crippen molar-refractivity contribution in [3.63, 3.8) is 0 Å². The molecule has 0 saturated heterocycles. The van der Waals surface area contributed by atoms with Crippen LogP contribution in [0.1, 0.15) is 22.7 Å². The maximum absolute atomic E-state index is 3.60.